The Morgan fingerprint density at radius 3 is 3.15 bits per heavy atom. The molecule has 1 rings (SSSR count). The molecule has 0 spiro atoms. The van der Waals surface area contributed by atoms with E-state index in [1.165, 1.54) is 0 Å². The van der Waals surface area contributed by atoms with Crippen LogP contribution in [0.2, 0.25) is 0 Å². The minimum absolute atomic E-state index is 0.0455. The summed E-state index contributed by atoms with van der Waals surface area (Å²) in [6, 6.07) is 1.68. The van der Waals surface area contributed by atoms with E-state index in [-0.39, 0.29) is 12.3 Å². The third-order valence-electron chi connectivity index (χ3n) is 1.51. The Labute approximate surface area is 76.9 Å². The summed E-state index contributed by atoms with van der Waals surface area (Å²) in [5.74, 6) is 2.35. The van der Waals surface area contributed by atoms with Gasteiger partial charge in [-0.3, -0.25) is 14.8 Å². The van der Waals surface area contributed by atoms with Gasteiger partial charge in [-0.15, -0.1) is 6.42 Å². The minimum Gasteiger partial charge on any atom is -0.299 e. The maximum Gasteiger partial charge on any atom is 0.196 e. The molecule has 0 unspecified atom stereocenters. The number of terminal acetylenes is 1. The van der Waals surface area contributed by atoms with Crippen molar-refractivity contribution in [2.24, 2.45) is 7.05 Å². The Balaban J connectivity index is 2.45. The molecule has 68 valence electrons. The molecule has 0 aliphatic carbocycles. The lowest BCUT2D eigenvalue weighted by Gasteiger charge is -1.96. The Hall–Kier alpha value is -1.60. The van der Waals surface area contributed by atoms with E-state index < -0.39 is 0 Å². The lowest BCUT2D eigenvalue weighted by atomic mass is 10.3. The number of carbonyl (C=O) groups is 1. The van der Waals surface area contributed by atoms with Gasteiger partial charge in [-0.2, -0.15) is 5.10 Å². The quantitative estimate of drug-likeness (QED) is 0.394. The van der Waals surface area contributed by atoms with Crippen LogP contribution in [0.5, 0.6) is 0 Å². The van der Waals surface area contributed by atoms with Crippen LogP contribution in [0.4, 0.5) is 0 Å². The lowest BCUT2D eigenvalue weighted by molar-refractivity contribution is 0.0987. The van der Waals surface area contributed by atoms with Crippen molar-refractivity contribution in [3.8, 4) is 12.3 Å². The summed E-state index contributed by atoms with van der Waals surface area (Å²) >= 11 is 0. The predicted octanol–water partition coefficient (Wildman–Crippen LogP) is -0.174. The van der Waals surface area contributed by atoms with Crippen molar-refractivity contribution in [2.75, 3.05) is 13.1 Å². The summed E-state index contributed by atoms with van der Waals surface area (Å²) in [6.07, 6.45) is 6.74. The van der Waals surface area contributed by atoms with Crippen molar-refractivity contribution in [2.45, 2.75) is 0 Å². The molecule has 0 amide bonds. The van der Waals surface area contributed by atoms with E-state index in [9.17, 15) is 4.79 Å². The first-order chi connectivity index (χ1) is 6.24. The zero-order valence-electron chi connectivity index (χ0n) is 7.45. The Morgan fingerprint density at radius 2 is 2.62 bits per heavy atom. The number of Topliss-reactive ketones (excluding diaryl/α,β-unsaturated/α-hetero) is 1. The minimum atomic E-state index is -0.0455. The predicted molar refractivity (Wildman–Crippen MR) is 49.2 cm³/mol. The van der Waals surface area contributed by atoms with Crippen molar-refractivity contribution in [3.63, 3.8) is 0 Å². The summed E-state index contributed by atoms with van der Waals surface area (Å²) in [5, 5.41) is 6.77. The number of carbonyl (C=O) groups excluding carboxylic acids is 1. The van der Waals surface area contributed by atoms with Gasteiger partial charge in [-0.05, 0) is 6.07 Å². The molecule has 4 nitrogen and oxygen atoms in total. The van der Waals surface area contributed by atoms with Crippen molar-refractivity contribution < 1.29 is 4.79 Å². The molecule has 13 heavy (non-hydrogen) atoms. The van der Waals surface area contributed by atoms with Crippen LogP contribution in [-0.4, -0.2) is 28.7 Å². The van der Waals surface area contributed by atoms with Gasteiger partial charge in [0.2, 0.25) is 0 Å². The topological polar surface area (TPSA) is 46.9 Å². The highest BCUT2D eigenvalue weighted by molar-refractivity contribution is 5.95. The highest BCUT2D eigenvalue weighted by atomic mass is 16.1. The van der Waals surface area contributed by atoms with Crippen molar-refractivity contribution >= 4 is 5.78 Å². The second kappa shape index (κ2) is 4.43. The van der Waals surface area contributed by atoms with Gasteiger partial charge in [0.25, 0.3) is 0 Å². The molecule has 0 aliphatic heterocycles. The van der Waals surface area contributed by atoms with Crippen LogP contribution < -0.4 is 5.32 Å². The zero-order valence-corrected chi connectivity index (χ0v) is 7.45. The molecule has 1 N–H and O–H groups in total. The number of nitrogens with one attached hydrogen (secondary N) is 1. The number of rotatable bonds is 4. The van der Waals surface area contributed by atoms with Crippen molar-refractivity contribution in [1.82, 2.24) is 15.1 Å². The molecule has 0 atom stereocenters. The first-order valence-electron chi connectivity index (χ1n) is 3.91. The van der Waals surface area contributed by atoms with Crippen LogP contribution in [0.15, 0.2) is 12.3 Å². The average Bonchev–Trinajstić information content (AvgIpc) is 2.52. The molecule has 0 radical (unpaired) electrons. The number of hydrogen-bond donors (Lipinski definition) is 1. The lowest BCUT2D eigenvalue weighted by Crippen LogP contribution is -2.23. The molecule has 1 heterocycles. The monoisotopic (exact) mass is 177 g/mol. The number of aryl methyl sites for hydroxylation is 1. The van der Waals surface area contributed by atoms with E-state index in [0.29, 0.717) is 12.2 Å². The maximum absolute atomic E-state index is 11.3. The van der Waals surface area contributed by atoms with Gasteiger partial charge < -0.3 is 0 Å². The van der Waals surface area contributed by atoms with Crippen LogP contribution in [0.1, 0.15) is 10.5 Å². The van der Waals surface area contributed by atoms with Crippen LogP contribution in [0, 0.1) is 12.3 Å². The van der Waals surface area contributed by atoms with E-state index in [4.69, 9.17) is 6.42 Å². The first kappa shape index (κ1) is 9.49. The Bertz CT molecular complexity index is 335. The molecule has 0 aromatic carbocycles. The van der Waals surface area contributed by atoms with Crippen LogP contribution in [0.3, 0.4) is 0 Å². The highest BCUT2D eigenvalue weighted by Gasteiger charge is 2.06. The Kier molecular flexibility index (Phi) is 3.23. The summed E-state index contributed by atoms with van der Waals surface area (Å²) in [4.78, 5) is 11.3. The smallest absolute Gasteiger partial charge is 0.196 e. The largest absolute Gasteiger partial charge is 0.299 e. The van der Waals surface area contributed by atoms with Crippen LogP contribution in [0.25, 0.3) is 0 Å². The van der Waals surface area contributed by atoms with Gasteiger partial charge in [0, 0.05) is 13.2 Å². The second-order valence-electron chi connectivity index (χ2n) is 2.61. The average molecular weight is 177 g/mol. The number of nitrogens with zero attached hydrogens (tertiary/aromatic N) is 2. The number of aromatic nitrogens is 2. The molecule has 4 heteroatoms. The molecule has 0 bridgehead atoms. The van der Waals surface area contributed by atoms with Gasteiger partial charge in [0.15, 0.2) is 5.78 Å². The SMILES string of the molecule is C#CCNCC(=O)c1ccn(C)n1. The van der Waals surface area contributed by atoms with Gasteiger partial charge in [-0.25, -0.2) is 0 Å². The molecule has 0 saturated carbocycles. The van der Waals surface area contributed by atoms with Crippen molar-refractivity contribution in [1.29, 1.82) is 0 Å². The fraction of sp³-hybridized carbons (Fsp3) is 0.333. The van der Waals surface area contributed by atoms with Gasteiger partial charge in [-0.1, -0.05) is 5.92 Å². The summed E-state index contributed by atoms with van der Waals surface area (Å²) in [6.45, 7) is 0.639. The fourth-order valence-electron chi connectivity index (χ4n) is 0.903. The zero-order chi connectivity index (χ0) is 9.68. The maximum atomic E-state index is 11.3. The summed E-state index contributed by atoms with van der Waals surface area (Å²) in [5.41, 5.74) is 0.465. The van der Waals surface area contributed by atoms with Gasteiger partial charge in [0.1, 0.15) is 5.69 Å². The number of hydrogen-bond acceptors (Lipinski definition) is 3. The molecule has 1 aromatic heterocycles. The van der Waals surface area contributed by atoms with E-state index in [2.05, 4.69) is 16.3 Å². The molecule has 0 saturated heterocycles. The third-order valence-corrected chi connectivity index (χ3v) is 1.51. The Morgan fingerprint density at radius 1 is 1.85 bits per heavy atom. The highest BCUT2D eigenvalue weighted by Crippen LogP contribution is 1.94. The normalized spacial score (nSPS) is 9.54. The van der Waals surface area contributed by atoms with E-state index in [1.807, 2.05) is 0 Å². The standard InChI is InChI=1S/C9H11N3O/c1-3-5-10-7-9(13)8-4-6-12(2)11-8/h1,4,6,10H,5,7H2,2H3. The first-order valence-corrected chi connectivity index (χ1v) is 3.91. The van der Waals surface area contributed by atoms with Crippen LogP contribution in [-0.2, 0) is 7.05 Å². The van der Waals surface area contributed by atoms with Crippen molar-refractivity contribution in [3.05, 3.63) is 18.0 Å². The summed E-state index contributed by atoms with van der Waals surface area (Å²) < 4.78 is 1.59. The molecule has 0 fully saturated rings. The summed E-state index contributed by atoms with van der Waals surface area (Å²) in [7, 11) is 1.77. The second-order valence-corrected chi connectivity index (χ2v) is 2.61. The van der Waals surface area contributed by atoms with E-state index >= 15 is 0 Å². The van der Waals surface area contributed by atoms with Crippen LogP contribution >= 0.6 is 0 Å². The van der Waals surface area contributed by atoms with Gasteiger partial charge in [0.05, 0.1) is 13.1 Å². The molecule has 0 aliphatic rings. The molecular formula is C9H11N3O. The molecular weight excluding hydrogens is 166 g/mol. The number of ketones is 1. The third kappa shape index (κ3) is 2.73. The van der Waals surface area contributed by atoms with E-state index in [1.54, 1.807) is 24.0 Å². The van der Waals surface area contributed by atoms with Gasteiger partial charge >= 0.3 is 0 Å². The fourth-order valence-corrected chi connectivity index (χ4v) is 0.903. The molecule has 1 aromatic rings. The van der Waals surface area contributed by atoms with E-state index in [0.717, 1.165) is 0 Å².